The summed E-state index contributed by atoms with van der Waals surface area (Å²) in [5, 5.41) is 0. The van der Waals surface area contributed by atoms with Gasteiger partial charge in [-0.25, -0.2) is 0 Å². The molecule has 0 radical (unpaired) electrons. The average molecular weight is 1090 g/mol. The Labute approximate surface area is 483 Å². The second kappa shape index (κ2) is 65.8. The SMILES string of the molecule is CC/C=C\C/C=C\C/C=C\C/C=C\C/C=C\C/C=C\C/C=C\CCCCCCCCCCCC(=O)OCC(COC(=O)CCCCCCC/C=C\CCC)OC(=O)CCCCCCCCCCCCCCCCCCCCC. The first-order valence-corrected chi connectivity index (χ1v) is 33.2. The Hall–Kier alpha value is -3.67. The lowest BCUT2D eigenvalue weighted by Gasteiger charge is -2.18. The second-order valence-corrected chi connectivity index (χ2v) is 22.0. The van der Waals surface area contributed by atoms with Crippen molar-refractivity contribution in [3.05, 3.63) is 97.2 Å². The molecule has 0 aromatic rings. The van der Waals surface area contributed by atoms with Crippen molar-refractivity contribution in [2.24, 2.45) is 0 Å². The number of esters is 3. The number of allylic oxidation sites excluding steroid dienone is 16. The first-order chi connectivity index (χ1) is 38.5. The molecule has 448 valence electrons. The molecule has 1 atom stereocenters. The fourth-order valence-corrected chi connectivity index (χ4v) is 9.37. The molecule has 0 N–H and O–H groups in total. The van der Waals surface area contributed by atoms with Crippen molar-refractivity contribution < 1.29 is 28.6 Å². The summed E-state index contributed by atoms with van der Waals surface area (Å²) in [7, 11) is 0. The van der Waals surface area contributed by atoms with Crippen molar-refractivity contribution in [3.63, 3.8) is 0 Å². The molecule has 0 aliphatic rings. The quantitative estimate of drug-likeness (QED) is 0.0261. The highest BCUT2D eigenvalue weighted by Gasteiger charge is 2.19. The fourth-order valence-electron chi connectivity index (χ4n) is 9.37. The van der Waals surface area contributed by atoms with E-state index in [1.54, 1.807) is 0 Å². The van der Waals surface area contributed by atoms with Crippen molar-refractivity contribution >= 4 is 17.9 Å². The normalized spacial score (nSPS) is 12.7. The van der Waals surface area contributed by atoms with Crippen LogP contribution in [-0.2, 0) is 28.6 Å². The van der Waals surface area contributed by atoms with Gasteiger partial charge in [0, 0.05) is 19.3 Å². The molecular formula is C72H124O6. The van der Waals surface area contributed by atoms with Gasteiger partial charge >= 0.3 is 17.9 Å². The molecule has 0 aliphatic heterocycles. The van der Waals surface area contributed by atoms with Crippen molar-refractivity contribution in [1.82, 2.24) is 0 Å². The molecule has 0 rings (SSSR count). The molecule has 0 fully saturated rings. The number of unbranched alkanes of at least 4 members (excludes halogenated alkanes) is 33. The van der Waals surface area contributed by atoms with Crippen LogP contribution in [0.15, 0.2) is 97.2 Å². The van der Waals surface area contributed by atoms with Gasteiger partial charge in [-0.1, -0.05) is 304 Å². The van der Waals surface area contributed by atoms with E-state index in [9.17, 15) is 14.4 Å². The van der Waals surface area contributed by atoms with Crippen LogP contribution in [0.3, 0.4) is 0 Å². The number of ether oxygens (including phenoxy) is 3. The molecule has 0 aromatic carbocycles. The van der Waals surface area contributed by atoms with Crippen molar-refractivity contribution in [3.8, 4) is 0 Å². The monoisotopic (exact) mass is 1080 g/mol. The molecule has 6 nitrogen and oxygen atoms in total. The van der Waals surface area contributed by atoms with Gasteiger partial charge in [0.25, 0.3) is 0 Å². The number of carbonyl (C=O) groups is 3. The molecule has 6 heteroatoms. The molecule has 1 unspecified atom stereocenters. The van der Waals surface area contributed by atoms with Crippen LogP contribution in [0.5, 0.6) is 0 Å². The minimum absolute atomic E-state index is 0.0803. The fraction of sp³-hybridized carbons (Fsp3) is 0.736. The second-order valence-electron chi connectivity index (χ2n) is 22.0. The summed E-state index contributed by atoms with van der Waals surface area (Å²) < 4.78 is 16.9. The largest absolute Gasteiger partial charge is 0.462 e. The van der Waals surface area contributed by atoms with E-state index < -0.39 is 6.10 Å². The Balaban J connectivity index is 4.21. The van der Waals surface area contributed by atoms with Crippen molar-refractivity contribution in [1.29, 1.82) is 0 Å². The van der Waals surface area contributed by atoms with E-state index in [0.29, 0.717) is 19.3 Å². The lowest BCUT2D eigenvalue weighted by atomic mass is 10.0. The van der Waals surface area contributed by atoms with Gasteiger partial charge in [-0.2, -0.15) is 0 Å². The minimum Gasteiger partial charge on any atom is -0.462 e. The molecule has 0 saturated heterocycles. The predicted molar refractivity (Wildman–Crippen MR) is 339 cm³/mol. The molecular weight excluding hydrogens is 961 g/mol. The summed E-state index contributed by atoms with van der Waals surface area (Å²) >= 11 is 0. The Morgan fingerprint density at radius 2 is 0.526 bits per heavy atom. The summed E-state index contributed by atoms with van der Waals surface area (Å²) in [4.78, 5) is 38.2. The molecule has 0 aromatic heterocycles. The summed E-state index contributed by atoms with van der Waals surface area (Å²) in [6, 6.07) is 0. The lowest BCUT2D eigenvalue weighted by Crippen LogP contribution is -2.30. The Morgan fingerprint density at radius 3 is 0.846 bits per heavy atom. The topological polar surface area (TPSA) is 78.9 Å². The standard InChI is InChI=1S/C72H124O6/c1-4-7-10-13-16-19-22-24-26-28-30-31-32-33-34-35-36-37-38-39-40-41-43-44-46-48-50-53-56-59-62-65-71(74)77-68-69(67-76-70(73)64-61-58-55-52-21-18-15-12-9-6-3)78-72(75)66-63-60-57-54-51-49-47-45-42-29-27-25-23-20-17-14-11-8-5-2/h7,10,12,15-16,19,24,26,30-31,33-34,36-37,39-40,69H,4-6,8-9,11,13-14,17-18,20-23,25,27-29,32,35,38,41-68H2,1-3H3/b10-7-,15-12-,19-16-,26-24-,31-30-,34-33-,37-36-,40-39-. The average Bonchev–Trinajstić information content (AvgIpc) is 3.44. The molecule has 0 aliphatic carbocycles. The summed E-state index contributed by atoms with van der Waals surface area (Å²) in [5.41, 5.74) is 0. The van der Waals surface area contributed by atoms with Gasteiger partial charge in [-0.05, 0) is 96.3 Å². The first-order valence-electron chi connectivity index (χ1n) is 33.2. The maximum atomic E-state index is 12.9. The van der Waals surface area contributed by atoms with Crippen LogP contribution in [-0.4, -0.2) is 37.2 Å². The zero-order chi connectivity index (χ0) is 56.4. The Bertz CT molecular complexity index is 1530. The van der Waals surface area contributed by atoms with Crippen LogP contribution in [0, 0.1) is 0 Å². The van der Waals surface area contributed by atoms with Gasteiger partial charge in [0.2, 0.25) is 0 Å². The number of carbonyl (C=O) groups excluding carboxylic acids is 3. The van der Waals surface area contributed by atoms with E-state index >= 15 is 0 Å². The minimum atomic E-state index is -0.782. The maximum absolute atomic E-state index is 12.9. The third-order valence-electron chi connectivity index (χ3n) is 14.3. The molecule has 78 heavy (non-hydrogen) atoms. The van der Waals surface area contributed by atoms with E-state index in [0.717, 1.165) is 122 Å². The van der Waals surface area contributed by atoms with Gasteiger partial charge in [0.1, 0.15) is 13.2 Å². The van der Waals surface area contributed by atoms with Gasteiger partial charge in [-0.15, -0.1) is 0 Å². The zero-order valence-corrected chi connectivity index (χ0v) is 51.4. The van der Waals surface area contributed by atoms with Crippen LogP contribution in [0.2, 0.25) is 0 Å². The van der Waals surface area contributed by atoms with Gasteiger partial charge in [-0.3, -0.25) is 14.4 Å². The molecule has 0 heterocycles. The maximum Gasteiger partial charge on any atom is 0.306 e. The van der Waals surface area contributed by atoms with Crippen LogP contribution < -0.4 is 0 Å². The zero-order valence-electron chi connectivity index (χ0n) is 51.4. The number of hydrogen-bond acceptors (Lipinski definition) is 6. The molecule has 0 amide bonds. The Kier molecular flexibility index (Phi) is 62.7. The van der Waals surface area contributed by atoms with E-state index in [2.05, 4.69) is 118 Å². The van der Waals surface area contributed by atoms with Crippen LogP contribution in [0.25, 0.3) is 0 Å². The van der Waals surface area contributed by atoms with Gasteiger partial charge in [0.05, 0.1) is 0 Å². The highest BCUT2D eigenvalue weighted by molar-refractivity contribution is 5.71. The summed E-state index contributed by atoms with van der Waals surface area (Å²) in [6.07, 6.45) is 88.6. The summed E-state index contributed by atoms with van der Waals surface area (Å²) in [6.45, 7) is 6.49. The highest BCUT2D eigenvalue weighted by Crippen LogP contribution is 2.17. The third kappa shape index (κ3) is 63.2. The smallest absolute Gasteiger partial charge is 0.306 e. The van der Waals surface area contributed by atoms with Crippen molar-refractivity contribution in [2.75, 3.05) is 13.2 Å². The van der Waals surface area contributed by atoms with E-state index in [-0.39, 0.29) is 31.1 Å². The molecule has 0 saturated carbocycles. The Morgan fingerprint density at radius 1 is 0.269 bits per heavy atom. The highest BCUT2D eigenvalue weighted by atomic mass is 16.6. The van der Waals surface area contributed by atoms with Crippen LogP contribution in [0.4, 0.5) is 0 Å². The van der Waals surface area contributed by atoms with Gasteiger partial charge < -0.3 is 14.2 Å². The predicted octanol–water partition coefficient (Wildman–Crippen LogP) is 22.8. The van der Waals surface area contributed by atoms with E-state index in [4.69, 9.17) is 14.2 Å². The number of hydrogen-bond donors (Lipinski definition) is 0. The van der Waals surface area contributed by atoms with Crippen LogP contribution in [0.1, 0.15) is 323 Å². The molecule has 0 spiro atoms. The van der Waals surface area contributed by atoms with Gasteiger partial charge in [0.15, 0.2) is 6.10 Å². The number of rotatable bonds is 60. The van der Waals surface area contributed by atoms with E-state index in [1.807, 2.05) is 0 Å². The molecule has 0 bridgehead atoms. The van der Waals surface area contributed by atoms with Crippen molar-refractivity contribution in [2.45, 2.75) is 329 Å². The summed E-state index contributed by atoms with van der Waals surface area (Å²) in [5.74, 6) is -0.884. The third-order valence-corrected chi connectivity index (χ3v) is 14.3. The first kappa shape index (κ1) is 74.3. The lowest BCUT2D eigenvalue weighted by molar-refractivity contribution is -0.167. The van der Waals surface area contributed by atoms with E-state index in [1.165, 1.54) is 161 Å². The van der Waals surface area contributed by atoms with Crippen LogP contribution >= 0.6 is 0 Å².